The lowest BCUT2D eigenvalue weighted by Crippen LogP contribution is -2.43. The number of hydrogen-bond acceptors (Lipinski definition) is 4. The fourth-order valence-electron chi connectivity index (χ4n) is 4.38. The van der Waals surface area contributed by atoms with Crippen molar-refractivity contribution in [1.29, 1.82) is 0 Å². The summed E-state index contributed by atoms with van der Waals surface area (Å²) in [6.45, 7) is 2.33. The van der Waals surface area contributed by atoms with Gasteiger partial charge in [0, 0.05) is 37.7 Å². The van der Waals surface area contributed by atoms with E-state index in [4.69, 9.17) is 4.74 Å². The molecule has 2 atom stereocenters. The second-order valence-corrected chi connectivity index (χ2v) is 7.56. The van der Waals surface area contributed by atoms with E-state index in [2.05, 4.69) is 5.10 Å². The number of carboxylic acid groups (broad SMARTS) is 1. The summed E-state index contributed by atoms with van der Waals surface area (Å²) in [6.07, 6.45) is 5.53. The van der Waals surface area contributed by atoms with Crippen molar-refractivity contribution < 1.29 is 19.4 Å². The molecule has 7 nitrogen and oxygen atoms in total. The van der Waals surface area contributed by atoms with Gasteiger partial charge in [-0.3, -0.25) is 14.3 Å². The second-order valence-electron chi connectivity index (χ2n) is 7.56. The van der Waals surface area contributed by atoms with E-state index >= 15 is 0 Å². The van der Waals surface area contributed by atoms with Gasteiger partial charge in [-0.05, 0) is 42.9 Å². The van der Waals surface area contributed by atoms with Crippen LogP contribution in [0.4, 0.5) is 0 Å². The Morgan fingerprint density at radius 3 is 2.64 bits per heavy atom. The molecule has 2 aromatic rings. The van der Waals surface area contributed by atoms with Gasteiger partial charge in [0.25, 0.3) is 5.91 Å². The third-order valence-electron chi connectivity index (χ3n) is 5.88. The predicted molar refractivity (Wildman–Crippen MR) is 102 cm³/mol. The SMILES string of the molecule is O=C(O)C1CCO[C@H]1C1CCN(C(=O)c2ccccc2Cn2cccn2)CC1. The first-order chi connectivity index (χ1) is 13.6. The van der Waals surface area contributed by atoms with E-state index < -0.39 is 11.9 Å². The summed E-state index contributed by atoms with van der Waals surface area (Å²) in [7, 11) is 0. The average molecular weight is 383 g/mol. The number of ether oxygens (including phenoxy) is 1. The van der Waals surface area contributed by atoms with Gasteiger partial charge in [-0.15, -0.1) is 0 Å². The molecule has 148 valence electrons. The molecule has 4 rings (SSSR count). The van der Waals surface area contributed by atoms with Crippen molar-refractivity contribution in [3.05, 3.63) is 53.9 Å². The van der Waals surface area contributed by atoms with E-state index in [1.54, 1.807) is 6.20 Å². The van der Waals surface area contributed by atoms with Crippen LogP contribution >= 0.6 is 0 Å². The van der Waals surface area contributed by atoms with E-state index in [9.17, 15) is 14.7 Å². The fraction of sp³-hybridized carbons (Fsp3) is 0.476. The lowest BCUT2D eigenvalue weighted by atomic mass is 9.84. The van der Waals surface area contributed by atoms with E-state index in [1.807, 2.05) is 46.1 Å². The Labute approximate surface area is 163 Å². The molecule has 7 heteroatoms. The van der Waals surface area contributed by atoms with Crippen molar-refractivity contribution in [3.8, 4) is 0 Å². The smallest absolute Gasteiger partial charge is 0.309 e. The van der Waals surface area contributed by atoms with Crippen LogP contribution in [-0.2, 0) is 16.1 Å². The molecule has 2 aliphatic heterocycles. The highest BCUT2D eigenvalue weighted by Crippen LogP contribution is 2.33. The highest BCUT2D eigenvalue weighted by atomic mass is 16.5. The molecule has 2 saturated heterocycles. The zero-order valence-corrected chi connectivity index (χ0v) is 15.7. The Kier molecular flexibility index (Phi) is 5.43. The fourth-order valence-corrected chi connectivity index (χ4v) is 4.38. The summed E-state index contributed by atoms with van der Waals surface area (Å²) in [5, 5.41) is 13.6. The van der Waals surface area contributed by atoms with Crippen molar-refractivity contribution in [2.45, 2.75) is 31.9 Å². The number of benzene rings is 1. The maximum atomic E-state index is 13.1. The molecule has 3 heterocycles. The molecular formula is C21H25N3O4. The third-order valence-corrected chi connectivity index (χ3v) is 5.88. The van der Waals surface area contributed by atoms with Crippen molar-refractivity contribution in [2.75, 3.05) is 19.7 Å². The van der Waals surface area contributed by atoms with Crippen LogP contribution in [0.1, 0.15) is 35.2 Å². The van der Waals surface area contributed by atoms with Gasteiger partial charge in [-0.2, -0.15) is 5.10 Å². The monoisotopic (exact) mass is 383 g/mol. The summed E-state index contributed by atoms with van der Waals surface area (Å²) in [6, 6.07) is 9.52. The van der Waals surface area contributed by atoms with E-state index in [0.29, 0.717) is 38.2 Å². The van der Waals surface area contributed by atoms with Crippen LogP contribution in [0, 0.1) is 11.8 Å². The maximum absolute atomic E-state index is 13.1. The summed E-state index contributed by atoms with van der Waals surface area (Å²) in [5.41, 5.74) is 1.65. The molecule has 1 amide bonds. The number of rotatable bonds is 5. The molecule has 1 N–H and O–H groups in total. The predicted octanol–water partition coefficient (Wildman–Crippen LogP) is 2.27. The Hall–Kier alpha value is -2.67. The van der Waals surface area contributed by atoms with Crippen molar-refractivity contribution >= 4 is 11.9 Å². The lowest BCUT2D eigenvalue weighted by Gasteiger charge is -2.35. The molecule has 1 unspecified atom stereocenters. The number of carboxylic acids is 1. The van der Waals surface area contributed by atoms with E-state index in [-0.39, 0.29) is 17.9 Å². The minimum absolute atomic E-state index is 0.0309. The summed E-state index contributed by atoms with van der Waals surface area (Å²) in [4.78, 5) is 26.4. The maximum Gasteiger partial charge on any atom is 0.309 e. The highest BCUT2D eigenvalue weighted by Gasteiger charge is 2.40. The summed E-state index contributed by atoms with van der Waals surface area (Å²) >= 11 is 0. The molecule has 0 aliphatic carbocycles. The Bertz CT molecular complexity index is 828. The van der Waals surface area contributed by atoms with Gasteiger partial charge < -0.3 is 14.7 Å². The quantitative estimate of drug-likeness (QED) is 0.856. The van der Waals surface area contributed by atoms with Gasteiger partial charge in [-0.25, -0.2) is 0 Å². The van der Waals surface area contributed by atoms with Crippen LogP contribution < -0.4 is 0 Å². The second kappa shape index (κ2) is 8.14. The number of aliphatic carboxylic acids is 1. The average Bonchev–Trinajstić information content (AvgIpc) is 3.40. The standard InChI is InChI=1S/C21H25N3O4/c25-20(17-5-2-1-4-16(17)14-24-10-3-9-22-24)23-11-6-15(7-12-23)19-18(21(26)27)8-13-28-19/h1-5,9-10,15,18-19H,6-8,11-14H2,(H,26,27)/t18?,19-/m0/s1. The van der Waals surface area contributed by atoms with Crippen molar-refractivity contribution in [2.24, 2.45) is 11.8 Å². The molecule has 2 aliphatic rings. The number of piperidine rings is 1. The number of carbonyl (C=O) groups is 2. The molecular weight excluding hydrogens is 358 g/mol. The zero-order valence-electron chi connectivity index (χ0n) is 15.7. The number of carbonyl (C=O) groups excluding carboxylic acids is 1. The van der Waals surface area contributed by atoms with Gasteiger partial charge in [-0.1, -0.05) is 18.2 Å². The molecule has 1 aromatic carbocycles. The van der Waals surface area contributed by atoms with Gasteiger partial charge in [0.2, 0.25) is 0 Å². The van der Waals surface area contributed by atoms with Crippen LogP contribution in [0.15, 0.2) is 42.7 Å². The molecule has 0 bridgehead atoms. The summed E-state index contributed by atoms with van der Waals surface area (Å²) < 4.78 is 7.54. The number of amides is 1. The van der Waals surface area contributed by atoms with Crippen molar-refractivity contribution in [1.82, 2.24) is 14.7 Å². The van der Waals surface area contributed by atoms with Gasteiger partial charge in [0.15, 0.2) is 0 Å². The molecule has 28 heavy (non-hydrogen) atoms. The van der Waals surface area contributed by atoms with E-state index in [1.165, 1.54) is 0 Å². The number of aromatic nitrogens is 2. The Morgan fingerprint density at radius 1 is 1.14 bits per heavy atom. The lowest BCUT2D eigenvalue weighted by molar-refractivity contribution is -0.145. The topological polar surface area (TPSA) is 84.7 Å². The first-order valence-corrected chi connectivity index (χ1v) is 9.82. The van der Waals surface area contributed by atoms with Crippen LogP contribution in [0.2, 0.25) is 0 Å². The van der Waals surface area contributed by atoms with Crippen molar-refractivity contribution in [3.63, 3.8) is 0 Å². The van der Waals surface area contributed by atoms with Gasteiger partial charge >= 0.3 is 5.97 Å². The van der Waals surface area contributed by atoms with E-state index in [0.717, 1.165) is 18.4 Å². The number of nitrogens with zero attached hydrogens (tertiary/aromatic N) is 3. The molecule has 2 fully saturated rings. The molecule has 0 spiro atoms. The van der Waals surface area contributed by atoms with Crippen LogP contribution in [-0.4, -0.2) is 57.5 Å². The first-order valence-electron chi connectivity index (χ1n) is 9.82. The van der Waals surface area contributed by atoms with Gasteiger partial charge in [0.05, 0.1) is 18.6 Å². The molecule has 0 radical (unpaired) electrons. The highest BCUT2D eigenvalue weighted by molar-refractivity contribution is 5.95. The largest absolute Gasteiger partial charge is 0.481 e. The zero-order chi connectivity index (χ0) is 19.5. The molecule has 0 saturated carbocycles. The summed E-state index contributed by atoms with van der Waals surface area (Å²) in [5.74, 6) is -0.953. The van der Waals surface area contributed by atoms with Crippen LogP contribution in [0.5, 0.6) is 0 Å². The van der Waals surface area contributed by atoms with Crippen LogP contribution in [0.3, 0.4) is 0 Å². The third kappa shape index (κ3) is 3.80. The minimum Gasteiger partial charge on any atom is -0.481 e. The minimum atomic E-state index is -0.770. The first kappa shape index (κ1) is 18.7. The Balaban J connectivity index is 1.41. The normalized spacial score (nSPS) is 23.1. The molecule has 1 aromatic heterocycles. The Morgan fingerprint density at radius 2 is 1.93 bits per heavy atom. The number of likely N-dealkylation sites (tertiary alicyclic amines) is 1. The van der Waals surface area contributed by atoms with Gasteiger partial charge in [0.1, 0.15) is 0 Å². The number of hydrogen-bond donors (Lipinski definition) is 1. The van der Waals surface area contributed by atoms with Crippen LogP contribution in [0.25, 0.3) is 0 Å².